The monoisotopic (exact) mass is 300 g/mol. The van der Waals surface area contributed by atoms with Gasteiger partial charge in [0.25, 0.3) is 0 Å². The van der Waals surface area contributed by atoms with E-state index in [1.54, 1.807) is 31.2 Å². The smallest absolute Gasteiger partial charge is 0.389 e. The Labute approximate surface area is 130 Å². The summed E-state index contributed by atoms with van der Waals surface area (Å²) in [4.78, 5) is 12.0. The molecule has 116 valence electrons. The first-order valence-corrected chi connectivity index (χ1v) is 7.22. The molecule has 0 N–H and O–H groups in total. The minimum Gasteiger partial charge on any atom is -0.460 e. The Morgan fingerprint density at radius 3 is 1.64 bits per heavy atom. The van der Waals surface area contributed by atoms with Crippen LogP contribution in [0.1, 0.15) is 18.1 Å². The summed E-state index contributed by atoms with van der Waals surface area (Å²) in [5, 5.41) is 0. The van der Waals surface area contributed by atoms with Crippen LogP contribution < -0.4 is 9.47 Å². The molecule has 0 bridgehead atoms. The molecule has 0 spiro atoms. The second-order valence-electron chi connectivity index (χ2n) is 4.95. The van der Waals surface area contributed by atoms with Crippen LogP contribution in [0.3, 0.4) is 0 Å². The largest absolute Gasteiger partial charge is 0.460 e. The zero-order chi connectivity index (χ0) is 15.9. The van der Waals surface area contributed by atoms with Gasteiger partial charge in [-0.1, -0.05) is 35.4 Å². The van der Waals surface area contributed by atoms with Crippen molar-refractivity contribution < 1.29 is 19.0 Å². The van der Waals surface area contributed by atoms with Crippen LogP contribution in [-0.4, -0.2) is 18.9 Å². The lowest BCUT2D eigenvalue weighted by molar-refractivity contribution is -0.165. The zero-order valence-corrected chi connectivity index (χ0v) is 13.0. The van der Waals surface area contributed by atoms with Gasteiger partial charge in [0, 0.05) is 0 Å². The van der Waals surface area contributed by atoms with Gasteiger partial charge >= 0.3 is 12.3 Å². The van der Waals surface area contributed by atoms with Gasteiger partial charge in [-0.25, -0.2) is 4.79 Å². The van der Waals surface area contributed by atoms with E-state index in [2.05, 4.69) is 0 Å². The summed E-state index contributed by atoms with van der Waals surface area (Å²) in [6.07, 6.45) is -1.13. The van der Waals surface area contributed by atoms with E-state index in [9.17, 15) is 4.79 Å². The number of hydrogen-bond donors (Lipinski definition) is 0. The lowest BCUT2D eigenvalue weighted by Crippen LogP contribution is -2.35. The molecular formula is C18H20O4. The van der Waals surface area contributed by atoms with Crippen molar-refractivity contribution in [2.75, 3.05) is 6.61 Å². The number of ether oxygens (including phenoxy) is 3. The maximum Gasteiger partial charge on any atom is 0.389 e. The van der Waals surface area contributed by atoms with E-state index in [-0.39, 0.29) is 6.61 Å². The van der Waals surface area contributed by atoms with Gasteiger partial charge < -0.3 is 14.2 Å². The molecule has 0 aliphatic carbocycles. The Morgan fingerprint density at radius 2 is 1.27 bits per heavy atom. The molecule has 0 atom stereocenters. The summed E-state index contributed by atoms with van der Waals surface area (Å²) in [6.45, 7) is 5.97. The van der Waals surface area contributed by atoms with E-state index in [4.69, 9.17) is 14.2 Å². The fraction of sp³-hybridized carbons (Fsp3) is 0.278. The standard InChI is InChI=1S/C18H20O4/c1-4-20-17(19)18(21-15-9-5-13(2)6-10-15)22-16-11-7-14(3)8-12-16/h5-12,18H,4H2,1-3H3. The van der Waals surface area contributed by atoms with E-state index >= 15 is 0 Å². The topological polar surface area (TPSA) is 44.8 Å². The van der Waals surface area contributed by atoms with Gasteiger partial charge in [-0.2, -0.15) is 0 Å². The van der Waals surface area contributed by atoms with Crippen molar-refractivity contribution in [3.8, 4) is 11.5 Å². The van der Waals surface area contributed by atoms with E-state index in [1.165, 1.54) is 0 Å². The van der Waals surface area contributed by atoms with E-state index in [1.807, 2.05) is 38.1 Å². The molecule has 4 nitrogen and oxygen atoms in total. The van der Waals surface area contributed by atoms with E-state index < -0.39 is 12.3 Å². The van der Waals surface area contributed by atoms with Gasteiger partial charge in [0.05, 0.1) is 6.61 Å². The van der Waals surface area contributed by atoms with Gasteiger partial charge in [-0.05, 0) is 45.0 Å². The molecule has 0 saturated carbocycles. The predicted molar refractivity (Wildman–Crippen MR) is 84.0 cm³/mol. The average Bonchev–Trinajstić information content (AvgIpc) is 2.51. The highest BCUT2D eigenvalue weighted by Crippen LogP contribution is 2.18. The highest BCUT2D eigenvalue weighted by atomic mass is 16.7. The molecule has 0 heterocycles. The molecule has 0 radical (unpaired) electrons. The minimum atomic E-state index is -1.13. The van der Waals surface area contributed by atoms with E-state index in [0.29, 0.717) is 11.5 Å². The molecule has 0 saturated heterocycles. The zero-order valence-electron chi connectivity index (χ0n) is 13.0. The van der Waals surface area contributed by atoms with Crippen LogP contribution in [0, 0.1) is 13.8 Å². The summed E-state index contributed by atoms with van der Waals surface area (Å²) in [5.74, 6) is 0.551. The molecule has 4 heteroatoms. The first kappa shape index (κ1) is 15.9. The van der Waals surface area contributed by atoms with Gasteiger partial charge in [-0.3, -0.25) is 0 Å². The molecule has 0 aromatic heterocycles. The molecular weight excluding hydrogens is 280 g/mol. The summed E-state index contributed by atoms with van der Waals surface area (Å²) >= 11 is 0. The van der Waals surface area contributed by atoms with Crippen molar-refractivity contribution in [2.24, 2.45) is 0 Å². The molecule has 22 heavy (non-hydrogen) atoms. The second-order valence-corrected chi connectivity index (χ2v) is 4.95. The van der Waals surface area contributed by atoms with Gasteiger partial charge in [0.1, 0.15) is 11.5 Å². The Hall–Kier alpha value is -2.49. The fourth-order valence-corrected chi connectivity index (χ4v) is 1.81. The lowest BCUT2D eigenvalue weighted by Gasteiger charge is -2.19. The third-order valence-corrected chi connectivity index (χ3v) is 3.01. The third kappa shape index (κ3) is 4.52. The van der Waals surface area contributed by atoms with Crippen LogP contribution in [0.15, 0.2) is 48.5 Å². The van der Waals surface area contributed by atoms with Crippen molar-refractivity contribution >= 4 is 5.97 Å². The maximum absolute atomic E-state index is 12.0. The van der Waals surface area contributed by atoms with Crippen molar-refractivity contribution in [3.63, 3.8) is 0 Å². The molecule has 0 aliphatic heterocycles. The molecule has 0 aliphatic rings. The summed E-state index contributed by atoms with van der Waals surface area (Å²) in [5.41, 5.74) is 2.22. The van der Waals surface area contributed by atoms with Crippen LogP contribution in [0.2, 0.25) is 0 Å². The van der Waals surface area contributed by atoms with Gasteiger partial charge in [0.15, 0.2) is 0 Å². The van der Waals surface area contributed by atoms with Crippen LogP contribution in [0.5, 0.6) is 11.5 Å². The quantitative estimate of drug-likeness (QED) is 0.603. The number of aryl methyl sites for hydroxylation is 2. The highest BCUT2D eigenvalue weighted by Gasteiger charge is 2.24. The summed E-state index contributed by atoms with van der Waals surface area (Å²) in [6, 6.07) is 14.8. The molecule has 0 fully saturated rings. The van der Waals surface area contributed by atoms with Crippen LogP contribution in [0.25, 0.3) is 0 Å². The third-order valence-electron chi connectivity index (χ3n) is 3.01. The Bertz CT molecular complexity index is 554. The van der Waals surface area contributed by atoms with E-state index in [0.717, 1.165) is 11.1 Å². The average molecular weight is 300 g/mol. The Balaban J connectivity index is 2.13. The maximum atomic E-state index is 12.0. The predicted octanol–water partition coefficient (Wildman–Crippen LogP) is 3.65. The fourth-order valence-electron chi connectivity index (χ4n) is 1.81. The Kier molecular flexibility index (Phi) is 5.42. The number of rotatable bonds is 6. The van der Waals surface area contributed by atoms with Gasteiger partial charge in [-0.15, -0.1) is 0 Å². The molecule has 2 aromatic carbocycles. The molecule has 0 amide bonds. The minimum absolute atomic E-state index is 0.268. The SMILES string of the molecule is CCOC(=O)C(Oc1ccc(C)cc1)Oc1ccc(C)cc1. The molecule has 2 aromatic rings. The number of carbonyl (C=O) groups is 1. The number of benzene rings is 2. The Morgan fingerprint density at radius 1 is 0.864 bits per heavy atom. The normalized spacial score (nSPS) is 10.4. The summed E-state index contributed by atoms with van der Waals surface area (Å²) < 4.78 is 16.2. The van der Waals surface area contributed by atoms with Crippen molar-refractivity contribution in [2.45, 2.75) is 27.1 Å². The lowest BCUT2D eigenvalue weighted by atomic mass is 10.2. The number of carbonyl (C=O) groups excluding carboxylic acids is 1. The first-order valence-electron chi connectivity index (χ1n) is 7.22. The van der Waals surface area contributed by atoms with Crippen molar-refractivity contribution in [3.05, 3.63) is 59.7 Å². The molecule has 2 rings (SSSR count). The van der Waals surface area contributed by atoms with Gasteiger partial charge in [0.2, 0.25) is 0 Å². The van der Waals surface area contributed by atoms with Crippen molar-refractivity contribution in [1.82, 2.24) is 0 Å². The van der Waals surface area contributed by atoms with Crippen LogP contribution >= 0.6 is 0 Å². The summed E-state index contributed by atoms with van der Waals surface area (Å²) in [7, 11) is 0. The van der Waals surface area contributed by atoms with Crippen molar-refractivity contribution in [1.29, 1.82) is 0 Å². The number of esters is 1. The highest BCUT2D eigenvalue weighted by molar-refractivity contribution is 5.74. The second kappa shape index (κ2) is 7.50. The van der Waals surface area contributed by atoms with Crippen LogP contribution in [0.4, 0.5) is 0 Å². The number of hydrogen-bond acceptors (Lipinski definition) is 4. The van der Waals surface area contributed by atoms with Crippen LogP contribution in [-0.2, 0) is 9.53 Å². The first-order chi connectivity index (χ1) is 10.6. The molecule has 0 unspecified atom stereocenters.